The van der Waals surface area contributed by atoms with Crippen molar-refractivity contribution in [2.45, 2.75) is 0 Å². The highest BCUT2D eigenvalue weighted by Gasteiger charge is 2.26. The quantitative estimate of drug-likeness (QED) is 0.585. The molecule has 3 aromatic rings. The van der Waals surface area contributed by atoms with E-state index < -0.39 is 17.2 Å². The molecule has 0 saturated heterocycles. The summed E-state index contributed by atoms with van der Waals surface area (Å²) >= 11 is 5.61. The van der Waals surface area contributed by atoms with Crippen molar-refractivity contribution in [1.29, 1.82) is 0 Å². The molecular weight excluding hydrogens is 390 g/mol. The highest BCUT2D eigenvalue weighted by atomic mass is 35.5. The van der Waals surface area contributed by atoms with Crippen LogP contribution in [0.3, 0.4) is 0 Å². The molecule has 2 heterocycles. The first-order chi connectivity index (χ1) is 11.5. The van der Waals surface area contributed by atoms with Crippen LogP contribution in [-0.4, -0.2) is 19.8 Å². The van der Waals surface area contributed by atoms with Gasteiger partial charge >= 0.3 is 5.97 Å². The lowest BCUT2D eigenvalue weighted by molar-refractivity contribution is 0.0703. The third-order valence-electron chi connectivity index (χ3n) is 3.10. The molecule has 0 aliphatic carbocycles. The molecule has 0 saturated carbocycles. The molecule has 1 atom stereocenters. The lowest BCUT2D eigenvalue weighted by Crippen LogP contribution is -2.19. The molecule has 5 nitrogen and oxygen atoms in total. The number of benzene rings is 1. The van der Waals surface area contributed by atoms with E-state index in [4.69, 9.17) is 11.6 Å². The zero-order valence-corrected chi connectivity index (χ0v) is 15.1. The number of hydrogen-bond acceptors (Lipinski definition) is 4. The summed E-state index contributed by atoms with van der Waals surface area (Å²) < 4.78 is 23.0. The van der Waals surface area contributed by atoms with Gasteiger partial charge in [-0.15, -0.1) is 22.7 Å². The summed E-state index contributed by atoms with van der Waals surface area (Å²) in [5.74, 6) is -1.16. The SMILES string of the molecule is O=C(O)c1sc(-c2ccccc2)cc1N(c1ccc(Cl)s1)S(=O)O. The fourth-order valence-corrected chi connectivity index (χ4v) is 4.95. The van der Waals surface area contributed by atoms with Crippen molar-refractivity contribution in [3.8, 4) is 10.4 Å². The zero-order valence-electron chi connectivity index (χ0n) is 11.9. The Hall–Kier alpha value is -1.71. The maximum absolute atomic E-state index is 11.8. The van der Waals surface area contributed by atoms with Crippen LogP contribution in [0.25, 0.3) is 10.4 Å². The van der Waals surface area contributed by atoms with Crippen LogP contribution in [0.5, 0.6) is 0 Å². The Kier molecular flexibility index (Phi) is 5.02. The van der Waals surface area contributed by atoms with E-state index >= 15 is 0 Å². The molecule has 0 bridgehead atoms. The topological polar surface area (TPSA) is 77.8 Å². The normalized spacial score (nSPS) is 12.1. The molecule has 0 radical (unpaired) electrons. The Morgan fingerprint density at radius 3 is 2.38 bits per heavy atom. The van der Waals surface area contributed by atoms with Gasteiger partial charge in [-0.3, -0.25) is 4.55 Å². The third-order valence-corrected chi connectivity index (χ3v) is 6.30. The monoisotopic (exact) mass is 399 g/mol. The summed E-state index contributed by atoms with van der Waals surface area (Å²) in [7, 11) is 0. The zero-order chi connectivity index (χ0) is 17.3. The van der Waals surface area contributed by atoms with Crippen LogP contribution < -0.4 is 4.31 Å². The molecule has 1 unspecified atom stereocenters. The van der Waals surface area contributed by atoms with E-state index in [0.29, 0.717) is 14.2 Å². The molecule has 1 aromatic carbocycles. The second-order valence-corrected chi connectivity index (χ2v) is 8.17. The van der Waals surface area contributed by atoms with Gasteiger partial charge in [-0.2, -0.15) is 0 Å². The summed E-state index contributed by atoms with van der Waals surface area (Å²) in [5.41, 5.74) is 0.995. The summed E-state index contributed by atoms with van der Waals surface area (Å²) in [4.78, 5) is 12.3. The minimum atomic E-state index is -2.43. The number of anilines is 2. The number of rotatable bonds is 5. The number of carbonyl (C=O) groups is 1. The first-order valence-electron chi connectivity index (χ1n) is 6.56. The van der Waals surface area contributed by atoms with E-state index in [0.717, 1.165) is 32.5 Å². The standard InChI is InChI=1S/C15H10ClNO4S3/c16-12-6-7-13(23-12)17(24(20)21)10-8-11(22-14(10)15(18)19)9-4-2-1-3-5-9/h1-8H,(H,18,19)(H,20,21). The van der Waals surface area contributed by atoms with E-state index in [1.807, 2.05) is 30.3 Å². The summed E-state index contributed by atoms with van der Waals surface area (Å²) in [6.07, 6.45) is 0. The van der Waals surface area contributed by atoms with Crippen LogP contribution in [0.4, 0.5) is 10.7 Å². The Balaban J connectivity index is 2.16. The van der Waals surface area contributed by atoms with Crippen molar-refractivity contribution >= 4 is 62.2 Å². The average molecular weight is 400 g/mol. The molecule has 124 valence electrons. The molecule has 9 heteroatoms. The molecule has 0 aliphatic rings. The summed E-state index contributed by atoms with van der Waals surface area (Å²) in [5, 5.41) is 9.88. The van der Waals surface area contributed by atoms with Gasteiger partial charge in [0.05, 0.1) is 10.0 Å². The molecule has 0 amide bonds. The van der Waals surface area contributed by atoms with Gasteiger partial charge in [-0.25, -0.2) is 13.3 Å². The molecule has 3 rings (SSSR count). The van der Waals surface area contributed by atoms with Crippen LogP contribution in [-0.2, 0) is 11.3 Å². The number of halogens is 1. The lowest BCUT2D eigenvalue weighted by atomic mass is 10.2. The van der Waals surface area contributed by atoms with Gasteiger partial charge in [0.1, 0.15) is 9.88 Å². The van der Waals surface area contributed by atoms with E-state index in [1.54, 1.807) is 18.2 Å². The van der Waals surface area contributed by atoms with Crippen LogP contribution in [0.2, 0.25) is 4.34 Å². The van der Waals surface area contributed by atoms with Gasteiger partial charge in [0.25, 0.3) is 11.3 Å². The molecule has 0 aliphatic heterocycles. The number of aromatic carboxylic acids is 1. The van der Waals surface area contributed by atoms with Gasteiger partial charge in [0.15, 0.2) is 0 Å². The number of carboxylic acids is 1. The van der Waals surface area contributed by atoms with Gasteiger partial charge in [0.2, 0.25) is 0 Å². The van der Waals surface area contributed by atoms with E-state index in [9.17, 15) is 18.7 Å². The fraction of sp³-hybridized carbons (Fsp3) is 0. The molecule has 0 spiro atoms. The highest BCUT2D eigenvalue weighted by molar-refractivity contribution is 7.81. The van der Waals surface area contributed by atoms with Crippen molar-refractivity contribution in [1.82, 2.24) is 0 Å². The van der Waals surface area contributed by atoms with Crippen LogP contribution >= 0.6 is 34.3 Å². The van der Waals surface area contributed by atoms with Crippen LogP contribution in [0.1, 0.15) is 9.67 Å². The number of hydrogen-bond donors (Lipinski definition) is 2. The van der Waals surface area contributed by atoms with E-state index in [1.165, 1.54) is 0 Å². The number of carboxylic acid groups (broad SMARTS) is 1. The van der Waals surface area contributed by atoms with Crippen molar-refractivity contribution in [2.24, 2.45) is 0 Å². The van der Waals surface area contributed by atoms with Crippen molar-refractivity contribution in [3.63, 3.8) is 0 Å². The smallest absolute Gasteiger partial charge is 0.348 e. The predicted molar refractivity (Wildman–Crippen MR) is 99.0 cm³/mol. The fourth-order valence-electron chi connectivity index (χ4n) is 2.12. The van der Waals surface area contributed by atoms with Crippen molar-refractivity contribution < 1.29 is 18.7 Å². The molecule has 2 N–H and O–H groups in total. The molecule has 24 heavy (non-hydrogen) atoms. The van der Waals surface area contributed by atoms with Gasteiger partial charge in [-0.1, -0.05) is 41.9 Å². The second kappa shape index (κ2) is 7.04. The third kappa shape index (κ3) is 3.38. The predicted octanol–water partition coefficient (Wildman–Crippen LogP) is 5.10. The van der Waals surface area contributed by atoms with E-state index in [2.05, 4.69) is 0 Å². The van der Waals surface area contributed by atoms with Gasteiger partial charge in [0, 0.05) is 4.88 Å². The molecular formula is C15H10ClNO4S3. The van der Waals surface area contributed by atoms with Crippen molar-refractivity contribution in [2.75, 3.05) is 4.31 Å². The highest BCUT2D eigenvalue weighted by Crippen LogP contribution is 2.42. The molecule has 2 aromatic heterocycles. The minimum absolute atomic E-state index is 0.0132. The van der Waals surface area contributed by atoms with Crippen molar-refractivity contribution in [3.05, 3.63) is 57.7 Å². The van der Waals surface area contributed by atoms with Gasteiger partial charge in [-0.05, 0) is 23.8 Å². The largest absolute Gasteiger partial charge is 0.477 e. The van der Waals surface area contributed by atoms with E-state index in [-0.39, 0.29) is 10.6 Å². The minimum Gasteiger partial charge on any atom is -0.477 e. The number of thiophene rings is 2. The van der Waals surface area contributed by atoms with Crippen LogP contribution in [0.15, 0.2) is 48.5 Å². The summed E-state index contributed by atoms with van der Waals surface area (Å²) in [6, 6.07) is 14.0. The van der Waals surface area contributed by atoms with Gasteiger partial charge < -0.3 is 5.11 Å². The summed E-state index contributed by atoms with van der Waals surface area (Å²) in [6.45, 7) is 0. The Bertz CT molecular complexity index is 907. The Morgan fingerprint density at radius 2 is 1.83 bits per heavy atom. The molecule has 0 fully saturated rings. The number of nitrogens with zero attached hydrogens (tertiary/aromatic N) is 1. The lowest BCUT2D eigenvalue weighted by Gasteiger charge is -2.17. The first-order valence-corrected chi connectivity index (χ1v) is 9.64. The second-order valence-electron chi connectivity index (χ2n) is 4.60. The Morgan fingerprint density at radius 1 is 1.12 bits per heavy atom. The maximum atomic E-state index is 11.8. The Labute approximate surface area is 153 Å². The maximum Gasteiger partial charge on any atom is 0.348 e. The average Bonchev–Trinajstić information content (AvgIpc) is 3.15. The van der Waals surface area contributed by atoms with Crippen LogP contribution in [0, 0.1) is 0 Å². The first kappa shape index (κ1) is 17.1.